The topological polar surface area (TPSA) is 52.3 Å². The third-order valence-corrected chi connectivity index (χ3v) is 3.23. The minimum atomic E-state index is -0.317. The number of benzene rings is 2. The van der Waals surface area contributed by atoms with E-state index in [1.807, 2.05) is 38.1 Å². The summed E-state index contributed by atoms with van der Waals surface area (Å²) in [6.07, 6.45) is 0. The molecule has 0 fully saturated rings. The molecule has 2 N–H and O–H groups in total. The Hall–Kier alpha value is -2.29. The van der Waals surface area contributed by atoms with Crippen LogP contribution in [0.25, 0.3) is 11.1 Å². The Morgan fingerprint density at radius 3 is 2.37 bits per heavy atom. The molecule has 0 unspecified atom stereocenters. The maximum Gasteiger partial charge on any atom is 0.337 e. The van der Waals surface area contributed by atoms with Crippen molar-refractivity contribution in [1.82, 2.24) is 0 Å². The summed E-state index contributed by atoms with van der Waals surface area (Å²) in [5.74, 6) is -0.317. The maximum atomic E-state index is 11.5. The first-order chi connectivity index (χ1) is 9.02. The Bertz CT molecular complexity index is 633. The zero-order valence-electron chi connectivity index (χ0n) is 11.4. The molecule has 0 aliphatic heterocycles. The van der Waals surface area contributed by atoms with Crippen LogP contribution in [0.2, 0.25) is 0 Å². The second-order valence-corrected chi connectivity index (χ2v) is 4.59. The molecule has 2 aromatic carbocycles. The van der Waals surface area contributed by atoms with Crippen molar-refractivity contribution in [3.8, 4) is 11.1 Å². The van der Waals surface area contributed by atoms with Crippen molar-refractivity contribution in [2.24, 2.45) is 0 Å². The van der Waals surface area contributed by atoms with Gasteiger partial charge in [-0.15, -0.1) is 0 Å². The zero-order chi connectivity index (χ0) is 14.0. The van der Waals surface area contributed by atoms with Gasteiger partial charge in [0, 0.05) is 5.69 Å². The number of hydrogen-bond acceptors (Lipinski definition) is 3. The van der Waals surface area contributed by atoms with Gasteiger partial charge in [0.05, 0.1) is 12.7 Å². The summed E-state index contributed by atoms with van der Waals surface area (Å²) in [5, 5.41) is 0. The first-order valence-electron chi connectivity index (χ1n) is 6.08. The highest BCUT2D eigenvalue weighted by Gasteiger charge is 2.09. The third-order valence-electron chi connectivity index (χ3n) is 3.23. The number of carbonyl (C=O) groups excluding carboxylic acids is 1. The van der Waals surface area contributed by atoms with Crippen LogP contribution < -0.4 is 5.73 Å². The van der Waals surface area contributed by atoms with E-state index in [1.54, 1.807) is 6.07 Å². The lowest BCUT2D eigenvalue weighted by Gasteiger charge is -2.10. The Morgan fingerprint density at radius 2 is 1.79 bits per heavy atom. The first kappa shape index (κ1) is 13.1. The van der Waals surface area contributed by atoms with Crippen LogP contribution in [-0.2, 0) is 4.74 Å². The van der Waals surface area contributed by atoms with Crippen LogP contribution >= 0.6 is 0 Å². The van der Waals surface area contributed by atoms with Crippen molar-refractivity contribution in [2.45, 2.75) is 13.8 Å². The molecule has 19 heavy (non-hydrogen) atoms. The van der Waals surface area contributed by atoms with Crippen LogP contribution in [0.1, 0.15) is 21.5 Å². The smallest absolute Gasteiger partial charge is 0.337 e. The quantitative estimate of drug-likeness (QED) is 0.661. The normalized spacial score (nSPS) is 10.3. The molecule has 2 aromatic rings. The highest BCUT2D eigenvalue weighted by Crippen LogP contribution is 2.27. The average molecular weight is 255 g/mol. The number of nitrogens with two attached hydrogens (primary N) is 1. The summed E-state index contributed by atoms with van der Waals surface area (Å²) in [4.78, 5) is 11.5. The number of esters is 1. The molecule has 0 radical (unpaired) electrons. The van der Waals surface area contributed by atoms with E-state index in [0.29, 0.717) is 5.56 Å². The van der Waals surface area contributed by atoms with E-state index in [4.69, 9.17) is 10.5 Å². The van der Waals surface area contributed by atoms with Crippen LogP contribution in [0.5, 0.6) is 0 Å². The fraction of sp³-hybridized carbons (Fsp3) is 0.188. The van der Waals surface area contributed by atoms with Crippen LogP contribution in [0.15, 0.2) is 36.4 Å². The standard InChI is InChI=1S/C16H17NO2/c1-10-8-13(16(18)19-3)4-6-14(10)12-5-7-15(17)11(2)9-12/h4-9H,17H2,1-3H3. The Kier molecular flexibility index (Phi) is 3.56. The molecule has 0 aromatic heterocycles. The lowest BCUT2D eigenvalue weighted by molar-refractivity contribution is 0.0600. The molecule has 3 nitrogen and oxygen atoms in total. The van der Waals surface area contributed by atoms with Gasteiger partial charge < -0.3 is 10.5 Å². The molecule has 0 amide bonds. The van der Waals surface area contributed by atoms with E-state index in [1.165, 1.54) is 7.11 Å². The fourth-order valence-electron chi connectivity index (χ4n) is 2.08. The van der Waals surface area contributed by atoms with Gasteiger partial charge >= 0.3 is 5.97 Å². The van der Waals surface area contributed by atoms with Crippen molar-refractivity contribution >= 4 is 11.7 Å². The zero-order valence-corrected chi connectivity index (χ0v) is 11.4. The number of nitrogen functional groups attached to an aromatic ring is 1. The number of hydrogen-bond donors (Lipinski definition) is 1. The molecular weight excluding hydrogens is 238 g/mol. The molecule has 0 aliphatic carbocycles. The summed E-state index contributed by atoms with van der Waals surface area (Å²) in [6, 6.07) is 11.5. The largest absolute Gasteiger partial charge is 0.465 e. The van der Waals surface area contributed by atoms with Crippen molar-refractivity contribution in [1.29, 1.82) is 0 Å². The van der Waals surface area contributed by atoms with Gasteiger partial charge in [0.15, 0.2) is 0 Å². The lowest BCUT2D eigenvalue weighted by atomic mass is 9.97. The summed E-state index contributed by atoms with van der Waals surface area (Å²) < 4.78 is 4.72. The van der Waals surface area contributed by atoms with Gasteiger partial charge in [-0.3, -0.25) is 0 Å². The third kappa shape index (κ3) is 2.60. The molecule has 0 spiro atoms. The van der Waals surface area contributed by atoms with E-state index in [0.717, 1.165) is 27.9 Å². The number of methoxy groups -OCH3 is 1. The van der Waals surface area contributed by atoms with Gasteiger partial charge in [0.2, 0.25) is 0 Å². The first-order valence-corrected chi connectivity index (χ1v) is 6.08. The molecule has 98 valence electrons. The molecule has 0 saturated heterocycles. The molecule has 2 rings (SSSR count). The van der Waals surface area contributed by atoms with E-state index in [2.05, 4.69) is 6.07 Å². The Balaban J connectivity index is 2.46. The van der Waals surface area contributed by atoms with E-state index < -0.39 is 0 Å². The van der Waals surface area contributed by atoms with Crippen LogP contribution in [0, 0.1) is 13.8 Å². The van der Waals surface area contributed by atoms with Gasteiger partial charge in [-0.1, -0.05) is 12.1 Å². The fourth-order valence-corrected chi connectivity index (χ4v) is 2.08. The summed E-state index contributed by atoms with van der Waals surface area (Å²) in [6.45, 7) is 3.96. The minimum Gasteiger partial charge on any atom is -0.465 e. The Morgan fingerprint density at radius 1 is 1.05 bits per heavy atom. The SMILES string of the molecule is COC(=O)c1ccc(-c2ccc(N)c(C)c2)c(C)c1. The Labute approximate surface area is 113 Å². The van der Waals surface area contributed by atoms with Crippen molar-refractivity contribution in [2.75, 3.05) is 12.8 Å². The van der Waals surface area contributed by atoms with Crippen LogP contribution in [0.3, 0.4) is 0 Å². The van der Waals surface area contributed by atoms with Crippen molar-refractivity contribution in [3.05, 3.63) is 53.1 Å². The molecule has 3 heteroatoms. The van der Waals surface area contributed by atoms with Crippen molar-refractivity contribution in [3.63, 3.8) is 0 Å². The van der Waals surface area contributed by atoms with Gasteiger partial charge in [0.1, 0.15) is 0 Å². The van der Waals surface area contributed by atoms with E-state index in [9.17, 15) is 4.79 Å². The monoisotopic (exact) mass is 255 g/mol. The predicted molar refractivity (Wildman–Crippen MR) is 77.1 cm³/mol. The summed E-state index contributed by atoms with van der Waals surface area (Å²) in [5.41, 5.74) is 11.5. The molecule has 0 atom stereocenters. The molecule has 0 aliphatic rings. The molecule has 0 bridgehead atoms. The van der Waals surface area contributed by atoms with Crippen LogP contribution in [0.4, 0.5) is 5.69 Å². The molecule has 0 heterocycles. The minimum absolute atomic E-state index is 0.317. The van der Waals surface area contributed by atoms with Crippen molar-refractivity contribution < 1.29 is 9.53 Å². The van der Waals surface area contributed by atoms with Gasteiger partial charge in [-0.25, -0.2) is 4.79 Å². The van der Waals surface area contributed by atoms with Crippen LogP contribution in [-0.4, -0.2) is 13.1 Å². The number of rotatable bonds is 2. The summed E-state index contributed by atoms with van der Waals surface area (Å²) >= 11 is 0. The van der Waals surface area contributed by atoms with Gasteiger partial charge in [-0.2, -0.15) is 0 Å². The van der Waals surface area contributed by atoms with E-state index in [-0.39, 0.29) is 5.97 Å². The molecular formula is C16H17NO2. The number of aryl methyl sites for hydroxylation is 2. The highest BCUT2D eigenvalue weighted by atomic mass is 16.5. The number of carbonyl (C=O) groups is 1. The lowest BCUT2D eigenvalue weighted by Crippen LogP contribution is -2.01. The summed E-state index contributed by atoms with van der Waals surface area (Å²) in [7, 11) is 1.38. The second kappa shape index (κ2) is 5.14. The van der Waals surface area contributed by atoms with E-state index >= 15 is 0 Å². The average Bonchev–Trinajstić information content (AvgIpc) is 2.41. The predicted octanol–water partition coefficient (Wildman–Crippen LogP) is 3.34. The number of anilines is 1. The maximum absolute atomic E-state index is 11.5. The number of ether oxygens (including phenoxy) is 1. The highest BCUT2D eigenvalue weighted by molar-refractivity contribution is 5.90. The molecule has 0 saturated carbocycles. The van der Waals surface area contributed by atoms with Gasteiger partial charge in [-0.05, 0) is 60.4 Å². The second-order valence-electron chi connectivity index (χ2n) is 4.59. The van der Waals surface area contributed by atoms with Gasteiger partial charge in [0.25, 0.3) is 0 Å².